The zero-order valence-electron chi connectivity index (χ0n) is 14.6. The molecule has 6 heteroatoms. The predicted octanol–water partition coefficient (Wildman–Crippen LogP) is 8.18. The van der Waals surface area contributed by atoms with Crippen LogP contribution in [0.4, 0.5) is 24.5 Å². The van der Waals surface area contributed by atoms with Crippen molar-refractivity contribution in [1.82, 2.24) is 0 Å². The molecule has 1 heterocycles. The van der Waals surface area contributed by atoms with E-state index >= 15 is 0 Å². The Kier molecular flexibility index (Phi) is 4.58. The van der Waals surface area contributed by atoms with Crippen molar-refractivity contribution < 1.29 is 13.2 Å². The summed E-state index contributed by atoms with van der Waals surface area (Å²) in [5, 5.41) is 1.50. The van der Waals surface area contributed by atoms with Crippen molar-refractivity contribution in [3.63, 3.8) is 0 Å². The first-order valence-corrected chi connectivity index (χ1v) is 10.1. The van der Waals surface area contributed by atoms with Crippen LogP contribution < -0.4 is 3.11 Å². The Bertz CT molecular complexity index is 1160. The number of fused-ring (bicyclic) bond motifs is 3. The largest absolute Gasteiger partial charge is 0.417 e. The molecule has 0 fully saturated rings. The molecule has 0 aliphatic heterocycles. The zero-order valence-corrected chi connectivity index (χ0v) is 17.5. The van der Waals surface area contributed by atoms with E-state index in [0.29, 0.717) is 5.39 Å². The quantitative estimate of drug-likeness (QED) is 0.199. The Balaban J connectivity index is 1.97. The lowest BCUT2D eigenvalue weighted by Crippen LogP contribution is -2.04. The van der Waals surface area contributed by atoms with Crippen LogP contribution in [-0.2, 0) is 6.18 Å². The average Bonchev–Trinajstić information content (AvgIpc) is 2.99. The van der Waals surface area contributed by atoms with Gasteiger partial charge in [-0.15, -0.1) is 11.3 Å². The Morgan fingerprint density at radius 2 is 1.52 bits per heavy atom. The second kappa shape index (κ2) is 6.67. The number of hydrogen-bond acceptors (Lipinski definition) is 2. The molecule has 0 amide bonds. The minimum Gasteiger partial charge on any atom is -0.281 e. The molecule has 27 heavy (non-hydrogen) atoms. The van der Waals surface area contributed by atoms with Crippen LogP contribution in [-0.4, -0.2) is 0 Å². The van der Waals surface area contributed by atoms with Crippen molar-refractivity contribution in [2.24, 2.45) is 0 Å². The first kappa shape index (κ1) is 18.6. The van der Waals surface area contributed by atoms with Crippen molar-refractivity contribution in [3.05, 3.63) is 71.3 Å². The topological polar surface area (TPSA) is 3.24 Å². The second-order valence-corrected chi connectivity index (χ2v) is 8.49. The molecule has 0 aliphatic carbocycles. The molecule has 1 nitrogen and oxygen atoms in total. The number of nitrogens with zero attached hydrogens (tertiary/aromatic N) is 1. The van der Waals surface area contributed by atoms with Crippen LogP contribution in [0.2, 0.25) is 0 Å². The van der Waals surface area contributed by atoms with Crippen molar-refractivity contribution in [1.29, 1.82) is 0 Å². The molecule has 0 spiro atoms. The Morgan fingerprint density at radius 1 is 0.852 bits per heavy atom. The zero-order chi connectivity index (χ0) is 19.3. The molecule has 0 radical (unpaired) electrons. The summed E-state index contributed by atoms with van der Waals surface area (Å²) in [7, 11) is 0. The normalized spacial score (nSPS) is 12.1. The van der Waals surface area contributed by atoms with Crippen LogP contribution in [0.15, 0.2) is 54.6 Å². The molecule has 0 unspecified atom stereocenters. The molecule has 0 atom stereocenters. The SMILES string of the molecule is Cc1ccc(N(I)c2cccc3c2sc2c(C(F)(F)F)cccc23)c(C)c1. The van der Waals surface area contributed by atoms with Gasteiger partial charge in [0.2, 0.25) is 0 Å². The van der Waals surface area contributed by atoms with Gasteiger partial charge in [-0.25, -0.2) is 0 Å². The molecule has 1 aromatic heterocycles. The van der Waals surface area contributed by atoms with E-state index in [4.69, 9.17) is 0 Å². The van der Waals surface area contributed by atoms with E-state index in [1.54, 1.807) is 6.07 Å². The summed E-state index contributed by atoms with van der Waals surface area (Å²) < 4.78 is 43.5. The standard InChI is InChI=1S/C21H15F3INS/c1-12-9-10-17(13(2)11-12)26(25)18-8-4-6-15-14-5-3-7-16(21(22,23)24)19(14)27-20(15)18/h3-11H,1-2H3. The lowest BCUT2D eigenvalue weighted by atomic mass is 10.1. The summed E-state index contributed by atoms with van der Waals surface area (Å²) in [5.74, 6) is 0. The number of anilines is 2. The first-order valence-electron chi connectivity index (χ1n) is 8.32. The number of aryl methyl sites for hydroxylation is 2. The molecular weight excluding hydrogens is 482 g/mol. The van der Waals surface area contributed by atoms with Gasteiger partial charge in [0, 0.05) is 15.5 Å². The Labute approximate surface area is 172 Å². The number of hydrogen-bond donors (Lipinski definition) is 0. The fourth-order valence-electron chi connectivity index (χ4n) is 3.34. The molecule has 3 aromatic carbocycles. The fraction of sp³-hybridized carbons (Fsp3) is 0.143. The van der Waals surface area contributed by atoms with Crippen LogP contribution in [0.1, 0.15) is 16.7 Å². The second-order valence-electron chi connectivity index (χ2n) is 6.51. The van der Waals surface area contributed by atoms with E-state index in [0.717, 1.165) is 33.1 Å². The fourth-order valence-corrected chi connectivity index (χ4v) is 5.78. The summed E-state index contributed by atoms with van der Waals surface area (Å²) in [6, 6.07) is 16.3. The Morgan fingerprint density at radius 3 is 2.19 bits per heavy atom. The van der Waals surface area contributed by atoms with E-state index in [1.807, 2.05) is 47.3 Å². The lowest BCUT2D eigenvalue weighted by Gasteiger charge is -2.20. The van der Waals surface area contributed by atoms with Gasteiger partial charge >= 0.3 is 6.18 Å². The molecular formula is C21H15F3INS. The average molecular weight is 497 g/mol. The van der Waals surface area contributed by atoms with Crippen LogP contribution >= 0.6 is 34.2 Å². The Hall–Kier alpha value is -1.80. The van der Waals surface area contributed by atoms with E-state index in [9.17, 15) is 13.2 Å². The maximum atomic E-state index is 13.5. The van der Waals surface area contributed by atoms with Gasteiger partial charge in [0.05, 0.1) is 44.5 Å². The minimum atomic E-state index is -4.36. The van der Waals surface area contributed by atoms with Gasteiger partial charge in [0.25, 0.3) is 0 Å². The van der Waals surface area contributed by atoms with Crippen LogP contribution in [0.3, 0.4) is 0 Å². The third kappa shape index (κ3) is 3.18. The molecule has 0 aliphatic rings. The maximum absolute atomic E-state index is 13.5. The third-order valence-electron chi connectivity index (χ3n) is 4.58. The highest BCUT2D eigenvalue weighted by Gasteiger charge is 2.33. The van der Waals surface area contributed by atoms with Crippen molar-refractivity contribution in [3.8, 4) is 0 Å². The van der Waals surface area contributed by atoms with Gasteiger partial charge in [-0.2, -0.15) is 13.2 Å². The molecule has 4 aromatic rings. The maximum Gasteiger partial charge on any atom is 0.417 e. The summed E-state index contributed by atoms with van der Waals surface area (Å²) >= 11 is 3.43. The van der Waals surface area contributed by atoms with E-state index < -0.39 is 11.7 Å². The van der Waals surface area contributed by atoms with Crippen LogP contribution in [0.5, 0.6) is 0 Å². The van der Waals surface area contributed by atoms with Crippen molar-refractivity contribution in [2.75, 3.05) is 3.11 Å². The summed E-state index contributed by atoms with van der Waals surface area (Å²) in [4.78, 5) is 0. The highest BCUT2D eigenvalue weighted by molar-refractivity contribution is 14.1. The minimum absolute atomic E-state index is 0.290. The third-order valence-corrected chi connectivity index (χ3v) is 6.90. The van der Waals surface area contributed by atoms with E-state index in [2.05, 4.69) is 28.9 Å². The van der Waals surface area contributed by atoms with Crippen LogP contribution in [0.25, 0.3) is 20.2 Å². The van der Waals surface area contributed by atoms with Crippen molar-refractivity contribution >= 4 is 65.7 Å². The van der Waals surface area contributed by atoms with Crippen molar-refractivity contribution in [2.45, 2.75) is 20.0 Å². The lowest BCUT2D eigenvalue weighted by molar-refractivity contribution is -0.136. The molecule has 138 valence electrons. The van der Waals surface area contributed by atoms with E-state index in [1.165, 1.54) is 23.0 Å². The molecule has 4 rings (SSSR count). The van der Waals surface area contributed by atoms with Gasteiger partial charge in [0.15, 0.2) is 0 Å². The molecule has 0 saturated heterocycles. The molecule has 0 N–H and O–H groups in total. The first-order chi connectivity index (χ1) is 12.8. The smallest absolute Gasteiger partial charge is 0.281 e. The number of thiophene rings is 1. The number of rotatable bonds is 2. The van der Waals surface area contributed by atoms with Gasteiger partial charge in [0.1, 0.15) is 0 Å². The summed E-state index contributed by atoms with van der Waals surface area (Å²) in [6.07, 6.45) is -4.36. The molecule has 0 saturated carbocycles. The van der Waals surface area contributed by atoms with Gasteiger partial charge in [-0.1, -0.05) is 42.0 Å². The number of halogens is 4. The molecule has 0 bridgehead atoms. The highest BCUT2D eigenvalue weighted by atomic mass is 127. The summed E-state index contributed by atoms with van der Waals surface area (Å²) in [6.45, 7) is 4.08. The number of alkyl halides is 3. The van der Waals surface area contributed by atoms with Gasteiger partial charge < -0.3 is 0 Å². The highest BCUT2D eigenvalue weighted by Crippen LogP contribution is 2.46. The van der Waals surface area contributed by atoms with Gasteiger partial charge in [-0.05, 0) is 37.6 Å². The predicted molar refractivity (Wildman–Crippen MR) is 116 cm³/mol. The monoisotopic (exact) mass is 497 g/mol. The van der Waals surface area contributed by atoms with E-state index in [-0.39, 0.29) is 4.70 Å². The van der Waals surface area contributed by atoms with Gasteiger partial charge in [-0.3, -0.25) is 3.11 Å². The summed E-state index contributed by atoms with van der Waals surface area (Å²) in [5.41, 5.74) is 3.66. The number of benzene rings is 3. The van der Waals surface area contributed by atoms with Crippen LogP contribution in [0, 0.1) is 13.8 Å².